The Labute approximate surface area is 154 Å². The molecule has 1 heterocycles. The molecular formula is C20H27N3O3. The molecule has 6 nitrogen and oxygen atoms in total. The number of aryl methyl sites for hydroxylation is 2. The Morgan fingerprint density at radius 3 is 2.58 bits per heavy atom. The van der Waals surface area contributed by atoms with Crippen LogP contribution >= 0.6 is 0 Å². The lowest BCUT2D eigenvalue weighted by molar-refractivity contribution is -0.117. The quantitative estimate of drug-likeness (QED) is 0.690. The zero-order chi connectivity index (χ0) is 18.9. The van der Waals surface area contributed by atoms with E-state index in [1.54, 1.807) is 24.0 Å². The molecule has 140 valence electrons. The number of rotatable bonds is 9. The zero-order valence-corrected chi connectivity index (χ0v) is 15.7. The van der Waals surface area contributed by atoms with Crippen LogP contribution in [-0.4, -0.2) is 35.0 Å². The SMILES string of the molecule is CCCCCCN(CC(=O)Nc1cc(C)on1)C(=O)c1ccccc1C. The molecule has 6 heteroatoms. The Bertz CT molecular complexity index is 739. The molecule has 26 heavy (non-hydrogen) atoms. The third-order valence-electron chi connectivity index (χ3n) is 4.17. The second-order valence-electron chi connectivity index (χ2n) is 6.47. The minimum absolute atomic E-state index is 0.00873. The van der Waals surface area contributed by atoms with Crippen LogP contribution in [0, 0.1) is 13.8 Å². The fourth-order valence-corrected chi connectivity index (χ4v) is 2.75. The highest BCUT2D eigenvalue weighted by molar-refractivity contribution is 5.99. The van der Waals surface area contributed by atoms with Gasteiger partial charge in [0.1, 0.15) is 12.3 Å². The van der Waals surface area contributed by atoms with E-state index in [-0.39, 0.29) is 18.4 Å². The van der Waals surface area contributed by atoms with E-state index in [0.29, 0.717) is 23.7 Å². The maximum Gasteiger partial charge on any atom is 0.254 e. The van der Waals surface area contributed by atoms with Crippen LogP contribution in [0.25, 0.3) is 0 Å². The summed E-state index contributed by atoms with van der Waals surface area (Å²) in [6.07, 6.45) is 4.16. The van der Waals surface area contributed by atoms with Crippen LogP contribution in [0.1, 0.15) is 54.3 Å². The number of hydrogen-bond acceptors (Lipinski definition) is 4. The van der Waals surface area contributed by atoms with E-state index in [2.05, 4.69) is 17.4 Å². The lowest BCUT2D eigenvalue weighted by atomic mass is 10.1. The van der Waals surface area contributed by atoms with Crippen molar-refractivity contribution in [2.75, 3.05) is 18.4 Å². The van der Waals surface area contributed by atoms with Gasteiger partial charge in [-0.1, -0.05) is 49.5 Å². The third-order valence-corrected chi connectivity index (χ3v) is 4.17. The van der Waals surface area contributed by atoms with Gasteiger partial charge in [-0.15, -0.1) is 0 Å². The van der Waals surface area contributed by atoms with Gasteiger partial charge in [-0.2, -0.15) is 0 Å². The molecule has 0 atom stereocenters. The van der Waals surface area contributed by atoms with Crippen LogP contribution in [0.2, 0.25) is 0 Å². The number of hydrogen-bond donors (Lipinski definition) is 1. The van der Waals surface area contributed by atoms with E-state index >= 15 is 0 Å². The monoisotopic (exact) mass is 357 g/mol. The van der Waals surface area contributed by atoms with E-state index in [9.17, 15) is 9.59 Å². The van der Waals surface area contributed by atoms with Crippen molar-refractivity contribution in [3.05, 3.63) is 47.2 Å². The van der Waals surface area contributed by atoms with Crippen LogP contribution in [0.4, 0.5) is 5.82 Å². The fraction of sp³-hybridized carbons (Fsp3) is 0.450. The number of nitrogens with one attached hydrogen (secondary N) is 1. The highest BCUT2D eigenvalue weighted by Crippen LogP contribution is 2.13. The molecule has 0 fully saturated rings. The number of anilines is 1. The average molecular weight is 357 g/mol. The number of unbranched alkanes of at least 4 members (excludes halogenated alkanes) is 3. The minimum atomic E-state index is -0.282. The van der Waals surface area contributed by atoms with Gasteiger partial charge in [0.2, 0.25) is 5.91 Å². The van der Waals surface area contributed by atoms with E-state index < -0.39 is 0 Å². The topological polar surface area (TPSA) is 75.4 Å². The first kappa shape index (κ1) is 19.7. The Morgan fingerprint density at radius 2 is 1.92 bits per heavy atom. The normalized spacial score (nSPS) is 10.6. The molecule has 0 bridgehead atoms. The van der Waals surface area contributed by atoms with Crippen molar-refractivity contribution in [2.24, 2.45) is 0 Å². The number of carbonyl (C=O) groups is 2. The molecule has 0 saturated heterocycles. The van der Waals surface area contributed by atoms with Crippen molar-refractivity contribution in [3.8, 4) is 0 Å². The largest absolute Gasteiger partial charge is 0.360 e. The first-order valence-electron chi connectivity index (χ1n) is 9.09. The fourth-order valence-electron chi connectivity index (χ4n) is 2.75. The van der Waals surface area contributed by atoms with Gasteiger partial charge in [-0.3, -0.25) is 9.59 Å². The summed E-state index contributed by atoms with van der Waals surface area (Å²) in [7, 11) is 0. The number of aromatic nitrogens is 1. The molecule has 2 rings (SSSR count). The Morgan fingerprint density at radius 1 is 1.15 bits per heavy atom. The molecular weight excluding hydrogens is 330 g/mol. The van der Waals surface area contributed by atoms with Crippen LogP contribution < -0.4 is 5.32 Å². The van der Waals surface area contributed by atoms with Crippen molar-refractivity contribution >= 4 is 17.6 Å². The summed E-state index contributed by atoms with van der Waals surface area (Å²) < 4.78 is 4.95. The Kier molecular flexibility index (Phi) is 7.38. The second kappa shape index (κ2) is 9.75. The van der Waals surface area contributed by atoms with Crippen molar-refractivity contribution < 1.29 is 14.1 Å². The average Bonchev–Trinajstić information content (AvgIpc) is 3.02. The maximum absolute atomic E-state index is 12.9. The highest BCUT2D eigenvalue weighted by Gasteiger charge is 2.20. The third kappa shape index (κ3) is 5.72. The summed E-state index contributed by atoms with van der Waals surface area (Å²) in [6.45, 7) is 6.35. The van der Waals surface area contributed by atoms with Crippen molar-refractivity contribution in [1.82, 2.24) is 10.1 Å². The molecule has 2 amide bonds. The van der Waals surface area contributed by atoms with E-state index in [1.165, 1.54) is 0 Å². The predicted molar refractivity (Wildman–Crippen MR) is 101 cm³/mol. The predicted octanol–water partition coefficient (Wildman–Crippen LogP) is 3.95. The first-order chi connectivity index (χ1) is 12.5. The Hall–Kier alpha value is -2.63. The number of amides is 2. The first-order valence-corrected chi connectivity index (χ1v) is 9.09. The molecule has 0 radical (unpaired) electrons. The number of nitrogens with zero attached hydrogens (tertiary/aromatic N) is 2. The van der Waals surface area contributed by atoms with E-state index in [0.717, 1.165) is 31.2 Å². The van der Waals surface area contributed by atoms with Gasteiger partial charge in [-0.05, 0) is 31.9 Å². The van der Waals surface area contributed by atoms with Crippen molar-refractivity contribution in [2.45, 2.75) is 46.5 Å². The smallest absolute Gasteiger partial charge is 0.254 e. The van der Waals surface area contributed by atoms with Crippen molar-refractivity contribution in [1.29, 1.82) is 0 Å². The summed E-state index contributed by atoms with van der Waals surface area (Å²) in [5.41, 5.74) is 1.54. The van der Waals surface area contributed by atoms with Crippen LogP contribution in [-0.2, 0) is 4.79 Å². The molecule has 0 saturated carbocycles. The highest BCUT2D eigenvalue weighted by atomic mass is 16.5. The molecule has 0 aliphatic carbocycles. The summed E-state index contributed by atoms with van der Waals surface area (Å²) >= 11 is 0. The molecule has 1 N–H and O–H groups in total. The van der Waals surface area contributed by atoms with Gasteiger partial charge in [0.15, 0.2) is 5.82 Å². The van der Waals surface area contributed by atoms with Crippen molar-refractivity contribution in [3.63, 3.8) is 0 Å². The van der Waals surface area contributed by atoms with Gasteiger partial charge in [-0.25, -0.2) is 0 Å². The van der Waals surface area contributed by atoms with Gasteiger partial charge >= 0.3 is 0 Å². The summed E-state index contributed by atoms with van der Waals surface area (Å²) in [6, 6.07) is 9.09. The molecule has 2 aromatic rings. The molecule has 0 aliphatic rings. The summed E-state index contributed by atoms with van der Waals surface area (Å²) in [4.78, 5) is 26.9. The van der Waals surface area contributed by atoms with Gasteiger partial charge in [0.25, 0.3) is 5.91 Å². The second-order valence-corrected chi connectivity index (χ2v) is 6.47. The molecule has 0 unspecified atom stereocenters. The van der Waals surface area contributed by atoms with E-state index in [4.69, 9.17) is 4.52 Å². The van der Waals surface area contributed by atoms with Gasteiger partial charge in [0, 0.05) is 18.2 Å². The number of carbonyl (C=O) groups excluding carboxylic acids is 2. The van der Waals surface area contributed by atoms with Gasteiger partial charge < -0.3 is 14.7 Å². The molecule has 1 aromatic heterocycles. The molecule has 0 aliphatic heterocycles. The summed E-state index contributed by atoms with van der Waals surface area (Å²) in [5, 5.41) is 6.43. The summed E-state index contributed by atoms with van der Waals surface area (Å²) in [5.74, 6) is 0.580. The zero-order valence-electron chi connectivity index (χ0n) is 15.7. The van der Waals surface area contributed by atoms with Gasteiger partial charge in [0.05, 0.1) is 0 Å². The maximum atomic E-state index is 12.9. The van der Waals surface area contributed by atoms with E-state index in [1.807, 2.05) is 25.1 Å². The van der Waals surface area contributed by atoms with Crippen LogP contribution in [0.3, 0.4) is 0 Å². The lowest BCUT2D eigenvalue weighted by Crippen LogP contribution is -2.39. The standard InChI is InChI=1S/C20H27N3O3/c1-4-5-6-9-12-23(20(25)17-11-8-7-10-15(17)2)14-19(24)21-18-13-16(3)26-22-18/h7-8,10-11,13H,4-6,9,12,14H2,1-3H3,(H,21,22,24). The van der Waals surface area contributed by atoms with Crippen LogP contribution in [0.5, 0.6) is 0 Å². The molecule has 1 aromatic carbocycles. The Balaban J connectivity index is 2.05. The van der Waals surface area contributed by atoms with Crippen LogP contribution in [0.15, 0.2) is 34.9 Å². The minimum Gasteiger partial charge on any atom is -0.360 e. The molecule has 0 spiro atoms. The number of benzene rings is 1. The lowest BCUT2D eigenvalue weighted by Gasteiger charge is -2.23.